The highest BCUT2D eigenvalue weighted by Crippen LogP contribution is 2.47. The molecule has 6 aromatic rings. The highest BCUT2D eigenvalue weighted by atomic mass is 31.2. The number of carbonyl (C=O) groups excluding carboxylic acids is 1. The van der Waals surface area contributed by atoms with Gasteiger partial charge in [-0.1, -0.05) is 182 Å². The van der Waals surface area contributed by atoms with Crippen LogP contribution in [0.25, 0.3) is 0 Å². The quantitative estimate of drug-likeness (QED) is 0.0665. The molecule has 0 amide bonds. The number of ketones is 1. The topological polar surface area (TPSA) is 41.8 Å². The predicted octanol–water partition coefficient (Wildman–Crippen LogP) is 8.14. The zero-order valence-electron chi connectivity index (χ0n) is 25.8. The van der Waals surface area contributed by atoms with Crippen molar-refractivity contribution in [2.75, 3.05) is 0 Å². The molecule has 0 atom stereocenters. The van der Waals surface area contributed by atoms with E-state index in [4.69, 9.17) is 10.2 Å². The van der Waals surface area contributed by atoms with Crippen LogP contribution in [0, 0.1) is 0 Å². The summed E-state index contributed by atoms with van der Waals surface area (Å²) in [6, 6.07) is 61.8. The van der Waals surface area contributed by atoms with Crippen molar-refractivity contribution >= 4 is 45.3 Å². The number of carbonyl (C=O) groups is 1. The van der Waals surface area contributed by atoms with Gasteiger partial charge in [0.2, 0.25) is 5.78 Å². The Labute approximate surface area is 271 Å². The lowest BCUT2D eigenvalue weighted by atomic mass is 10.0. The van der Waals surface area contributed by atoms with E-state index in [2.05, 4.69) is 115 Å². The van der Waals surface area contributed by atoms with Crippen molar-refractivity contribution in [1.82, 2.24) is 0 Å². The highest BCUT2D eigenvalue weighted by molar-refractivity contribution is 7.96. The summed E-state index contributed by atoms with van der Waals surface area (Å²) in [5.74, 6) is -0.164. The Morgan fingerprint density at radius 2 is 0.848 bits per heavy atom. The van der Waals surface area contributed by atoms with E-state index < -0.39 is 6.89 Å². The lowest BCUT2D eigenvalue weighted by Crippen LogP contribution is -2.34. The average Bonchev–Trinajstić information content (AvgIpc) is 3.14. The molecule has 224 valence electrons. The normalized spacial score (nSPS) is 12.0. The van der Waals surface area contributed by atoms with Crippen molar-refractivity contribution < 1.29 is 4.79 Å². The van der Waals surface area contributed by atoms with Gasteiger partial charge >= 0.3 is 0 Å². The van der Waals surface area contributed by atoms with Crippen molar-refractivity contribution in [3.63, 3.8) is 0 Å². The largest absolute Gasteiger partial charge is 0.287 e. The van der Waals surface area contributed by atoms with E-state index in [9.17, 15) is 4.79 Å². The molecule has 3 nitrogen and oxygen atoms in total. The maximum atomic E-state index is 13.9. The minimum atomic E-state index is -2.47. The molecule has 0 saturated heterocycles. The van der Waals surface area contributed by atoms with Crippen LogP contribution < -0.4 is 15.9 Å². The maximum Gasteiger partial charge on any atom is 0.213 e. The van der Waals surface area contributed by atoms with Crippen molar-refractivity contribution in [2.24, 2.45) is 10.2 Å². The van der Waals surface area contributed by atoms with E-state index in [1.165, 1.54) is 26.8 Å². The van der Waals surface area contributed by atoms with Gasteiger partial charge in [-0.3, -0.25) is 4.79 Å². The Morgan fingerprint density at radius 1 is 0.478 bits per heavy atom. The van der Waals surface area contributed by atoms with Crippen LogP contribution in [0.1, 0.15) is 28.4 Å². The molecule has 0 aromatic heterocycles. The Kier molecular flexibility index (Phi) is 9.73. The summed E-state index contributed by atoms with van der Waals surface area (Å²) in [6.07, 6.45) is 0.672. The maximum absolute atomic E-state index is 13.9. The molecular formula is C42H35N2OP. The first kappa shape index (κ1) is 30.6. The minimum absolute atomic E-state index is 0.164. The molecule has 0 spiro atoms. The van der Waals surface area contributed by atoms with Crippen LogP contribution in [-0.4, -0.2) is 22.5 Å². The summed E-state index contributed by atoms with van der Waals surface area (Å²) < 4.78 is 0. The van der Waals surface area contributed by atoms with Crippen molar-refractivity contribution in [3.05, 3.63) is 199 Å². The zero-order valence-corrected chi connectivity index (χ0v) is 26.7. The number of hydrogen-bond acceptors (Lipinski definition) is 3. The van der Waals surface area contributed by atoms with Crippen LogP contribution in [0.2, 0.25) is 0 Å². The van der Waals surface area contributed by atoms with E-state index in [-0.39, 0.29) is 5.78 Å². The molecule has 0 unspecified atom stereocenters. The van der Waals surface area contributed by atoms with Gasteiger partial charge in [-0.2, -0.15) is 5.10 Å². The number of Topliss-reactive ketones (excluding diaryl/α,β-unsaturated/α-hetero) is 1. The van der Waals surface area contributed by atoms with E-state index in [1.807, 2.05) is 73.7 Å². The third-order valence-electron chi connectivity index (χ3n) is 8.07. The number of rotatable bonds is 10. The predicted molar refractivity (Wildman–Crippen MR) is 197 cm³/mol. The molecule has 0 aliphatic carbocycles. The zero-order chi connectivity index (χ0) is 31.6. The first-order chi connectivity index (χ1) is 22.7. The monoisotopic (exact) mass is 614 g/mol. The smallest absolute Gasteiger partial charge is 0.213 e. The number of hydrogen-bond donors (Lipinski definition) is 0. The third kappa shape index (κ3) is 6.52. The van der Waals surface area contributed by atoms with Gasteiger partial charge in [0.1, 0.15) is 5.71 Å². The highest BCUT2D eigenvalue weighted by Gasteiger charge is 2.31. The summed E-state index contributed by atoms with van der Waals surface area (Å²) in [5.41, 5.74) is 3.60. The fraction of sp³-hybridized carbons (Fsp3) is 0.0476. The van der Waals surface area contributed by atoms with Crippen LogP contribution in [0.3, 0.4) is 0 Å². The first-order valence-electron chi connectivity index (χ1n) is 15.4. The number of nitrogens with zero attached hydrogens (tertiary/aromatic N) is 2. The Morgan fingerprint density at radius 3 is 1.28 bits per heavy atom. The second-order valence-electron chi connectivity index (χ2n) is 11.0. The average molecular weight is 615 g/mol. The standard InChI is InChI=1S/C42H35N2OP/c1-33(43-44-41(35-22-10-3-11-23-35)42(45)36-24-12-4-13-25-36)40(32-34-20-8-2-9-21-34)46(37-26-14-5-15-27-37,38-28-16-6-17-29-38)39-30-18-7-19-31-39/h2-31H,32H2,1H3/b43-33-,44-41-. The van der Waals surface area contributed by atoms with E-state index in [0.717, 1.165) is 11.3 Å². The number of benzene rings is 6. The second kappa shape index (κ2) is 14.6. The minimum Gasteiger partial charge on any atom is -0.287 e. The van der Waals surface area contributed by atoms with E-state index in [1.54, 1.807) is 0 Å². The van der Waals surface area contributed by atoms with Crippen molar-refractivity contribution in [1.29, 1.82) is 0 Å². The summed E-state index contributed by atoms with van der Waals surface area (Å²) in [5, 5.41) is 14.6. The molecule has 0 fully saturated rings. The summed E-state index contributed by atoms with van der Waals surface area (Å²) in [7, 11) is 0. The summed E-state index contributed by atoms with van der Waals surface area (Å²) >= 11 is 0. The molecule has 0 N–H and O–H groups in total. The van der Waals surface area contributed by atoms with Gasteiger partial charge in [0.25, 0.3) is 0 Å². The lowest BCUT2D eigenvalue weighted by Gasteiger charge is -2.33. The van der Waals surface area contributed by atoms with E-state index >= 15 is 0 Å². The van der Waals surface area contributed by atoms with Gasteiger partial charge in [-0.25, -0.2) is 0 Å². The van der Waals surface area contributed by atoms with Crippen molar-refractivity contribution in [2.45, 2.75) is 13.3 Å². The molecule has 0 saturated carbocycles. The molecule has 0 aliphatic heterocycles. The van der Waals surface area contributed by atoms with Crippen LogP contribution >= 0.6 is 6.89 Å². The molecule has 6 aromatic carbocycles. The van der Waals surface area contributed by atoms with Crippen molar-refractivity contribution in [3.8, 4) is 0 Å². The molecule has 4 heteroatoms. The van der Waals surface area contributed by atoms with Gasteiger partial charge in [0.15, 0.2) is 0 Å². The fourth-order valence-corrected chi connectivity index (χ4v) is 10.5. The molecule has 0 bridgehead atoms. The molecule has 0 heterocycles. The molecule has 6 rings (SSSR count). The fourth-order valence-electron chi connectivity index (χ4n) is 5.89. The SMILES string of the molecule is C/C(=N/N=C(\C(=O)c1ccccc1)c1ccccc1)C(Cc1ccccc1)=P(c1ccccc1)(c1ccccc1)c1ccccc1. The molecule has 46 heavy (non-hydrogen) atoms. The van der Waals surface area contributed by atoms with Crippen LogP contribution in [0.5, 0.6) is 0 Å². The molecular weight excluding hydrogens is 579 g/mol. The van der Waals surface area contributed by atoms with Gasteiger partial charge in [-0.05, 0) is 40.6 Å². The van der Waals surface area contributed by atoms with Crippen LogP contribution in [-0.2, 0) is 6.42 Å². The van der Waals surface area contributed by atoms with Crippen LogP contribution in [0.4, 0.5) is 0 Å². The summed E-state index contributed by atoms with van der Waals surface area (Å²) in [6.45, 7) is -0.424. The summed E-state index contributed by atoms with van der Waals surface area (Å²) in [4.78, 5) is 13.9. The molecule has 0 radical (unpaired) electrons. The first-order valence-corrected chi connectivity index (χ1v) is 17.2. The van der Waals surface area contributed by atoms with Crippen LogP contribution in [0.15, 0.2) is 192 Å². The third-order valence-corrected chi connectivity index (χ3v) is 12.6. The van der Waals surface area contributed by atoms with Gasteiger partial charge in [0, 0.05) is 17.5 Å². The Bertz CT molecular complexity index is 1900. The van der Waals surface area contributed by atoms with Gasteiger partial charge in [0.05, 0.1) is 5.71 Å². The van der Waals surface area contributed by atoms with Gasteiger partial charge < -0.3 is 0 Å². The Hall–Kier alpha value is -5.37. The lowest BCUT2D eigenvalue weighted by molar-refractivity contribution is 0.106. The van der Waals surface area contributed by atoms with E-state index in [0.29, 0.717) is 17.7 Å². The second-order valence-corrected chi connectivity index (χ2v) is 14.4. The molecule has 0 aliphatic rings. The Balaban J connectivity index is 1.69. The van der Waals surface area contributed by atoms with Gasteiger partial charge in [-0.15, -0.1) is 5.10 Å².